The van der Waals surface area contributed by atoms with Crippen LogP contribution in [0.25, 0.3) is 0 Å². The summed E-state index contributed by atoms with van der Waals surface area (Å²) in [5, 5.41) is 0. The molecule has 2 saturated carbocycles. The minimum Gasteiger partial charge on any atom is -0.466 e. The lowest BCUT2D eigenvalue weighted by atomic mass is 9.97. The number of likely N-dealkylation sites (tertiary alicyclic amines) is 1. The molecule has 0 N–H and O–H groups in total. The van der Waals surface area contributed by atoms with Gasteiger partial charge >= 0.3 is 5.97 Å². The van der Waals surface area contributed by atoms with Gasteiger partial charge in [0.25, 0.3) is 0 Å². The molecule has 3 atom stereocenters. The Hall–Kier alpha value is -1.06. The van der Waals surface area contributed by atoms with Crippen LogP contribution >= 0.6 is 0 Å². The first-order chi connectivity index (χ1) is 9.22. The van der Waals surface area contributed by atoms with Gasteiger partial charge in [-0.15, -0.1) is 0 Å². The van der Waals surface area contributed by atoms with E-state index in [9.17, 15) is 9.59 Å². The van der Waals surface area contributed by atoms with Gasteiger partial charge in [-0.25, -0.2) is 0 Å². The highest BCUT2D eigenvalue weighted by Gasteiger charge is 2.57. The highest BCUT2D eigenvalue weighted by atomic mass is 16.5. The third-order valence-corrected chi connectivity index (χ3v) is 5.04. The van der Waals surface area contributed by atoms with Gasteiger partial charge in [0, 0.05) is 19.0 Å². The number of carbonyl (C=O) groups excluding carboxylic acids is 2. The second-order valence-corrected chi connectivity index (χ2v) is 6.16. The Labute approximate surface area is 114 Å². The molecular formula is C15H23NO3. The normalized spacial score (nSPS) is 36.8. The quantitative estimate of drug-likeness (QED) is 0.731. The van der Waals surface area contributed by atoms with Crippen molar-refractivity contribution < 1.29 is 14.3 Å². The molecule has 0 aromatic carbocycles. The molecule has 0 aromatic rings. The fourth-order valence-electron chi connectivity index (χ4n) is 4.03. The molecule has 3 rings (SSSR count). The first kappa shape index (κ1) is 12.9. The zero-order valence-corrected chi connectivity index (χ0v) is 11.6. The average molecular weight is 265 g/mol. The van der Waals surface area contributed by atoms with Crippen LogP contribution in [0.5, 0.6) is 0 Å². The van der Waals surface area contributed by atoms with Gasteiger partial charge in [0.2, 0.25) is 5.91 Å². The van der Waals surface area contributed by atoms with Crippen LogP contribution in [0.2, 0.25) is 0 Å². The van der Waals surface area contributed by atoms with Crippen molar-refractivity contribution in [2.45, 2.75) is 39.0 Å². The number of ether oxygens (including phenoxy) is 1. The second-order valence-electron chi connectivity index (χ2n) is 6.16. The van der Waals surface area contributed by atoms with Crippen molar-refractivity contribution in [2.24, 2.45) is 23.7 Å². The molecule has 1 aliphatic heterocycles. The van der Waals surface area contributed by atoms with E-state index in [-0.39, 0.29) is 17.8 Å². The number of carbonyl (C=O) groups is 2. The van der Waals surface area contributed by atoms with Gasteiger partial charge in [0.05, 0.1) is 12.5 Å². The van der Waals surface area contributed by atoms with Crippen LogP contribution in [0.1, 0.15) is 39.0 Å². The molecule has 0 radical (unpaired) electrons. The summed E-state index contributed by atoms with van der Waals surface area (Å²) in [5.74, 6) is 1.69. The first-order valence-electron chi connectivity index (χ1n) is 7.67. The van der Waals surface area contributed by atoms with E-state index >= 15 is 0 Å². The predicted octanol–water partition coefficient (Wildman–Crippen LogP) is 1.83. The van der Waals surface area contributed by atoms with Crippen molar-refractivity contribution in [3.63, 3.8) is 0 Å². The summed E-state index contributed by atoms with van der Waals surface area (Å²) in [4.78, 5) is 26.2. The molecule has 4 nitrogen and oxygen atoms in total. The number of nitrogens with zero attached hydrogens (tertiary/aromatic N) is 1. The van der Waals surface area contributed by atoms with E-state index in [1.54, 1.807) is 0 Å². The number of amides is 1. The standard InChI is InChI=1S/C15H23NO3/c1-2-19-15(18)10-5-4-8-16(9-10)14(17)13-11-6-3-7-12(11)13/h10-13H,2-9H2,1H3. The average Bonchev–Trinajstić information content (AvgIpc) is 2.90. The number of piperidine rings is 1. The van der Waals surface area contributed by atoms with Crippen LogP contribution in [0.3, 0.4) is 0 Å². The maximum Gasteiger partial charge on any atom is 0.310 e. The van der Waals surface area contributed by atoms with E-state index in [2.05, 4.69) is 0 Å². The highest BCUT2D eigenvalue weighted by molar-refractivity contribution is 5.83. The van der Waals surface area contributed by atoms with Crippen molar-refractivity contribution >= 4 is 11.9 Å². The zero-order chi connectivity index (χ0) is 13.4. The monoisotopic (exact) mass is 265 g/mol. The summed E-state index contributed by atoms with van der Waals surface area (Å²) in [6, 6.07) is 0. The lowest BCUT2D eigenvalue weighted by Gasteiger charge is -2.32. The van der Waals surface area contributed by atoms with Crippen LogP contribution in [-0.2, 0) is 14.3 Å². The van der Waals surface area contributed by atoms with E-state index in [0.29, 0.717) is 30.9 Å². The molecule has 0 bridgehead atoms. The van der Waals surface area contributed by atoms with E-state index in [1.165, 1.54) is 19.3 Å². The van der Waals surface area contributed by atoms with Gasteiger partial charge in [-0.05, 0) is 44.4 Å². The van der Waals surface area contributed by atoms with Gasteiger partial charge in [0.15, 0.2) is 0 Å². The fourth-order valence-corrected chi connectivity index (χ4v) is 4.03. The van der Waals surface area contributed by atoms with Crippen LogP contribution < -0.4 is 0 Å². The smallest absolute Gasteiger partial charge is 0.310 e. The number of hydrogen-bond acceptors (Lipinski definition) is 3. The number of esters is 1. The Kier molecular flexibility index (Phi) is 3.50. The Morgan fingerprint density at radius 1 is 1.16 bits per heavy atom. The molecule has 3 fully saturated rings. The molecule has 1 heterocycles. The maximum absolute atomic E-state index is 12.5. The van der Waals surface area contributed by atoms with Crippen molar-refractivity contribution in [2.75, 3.05) is 19.7 Å². The summed E-state index contributed by atoms with van der Waals surface area (Å²) in [6.45, 7) is 3.66. The molecular weight excluding hydrogens is 242 g/mol. The third kappa shape index (κ3) is 2.37. The van der Waals surface area contributed by atoms with Crippen LogP contribution in [0.4, 0.5) is 0 Å². The molecule has 1 saturated heterocycles. The van der Waals surface area contributed by atoms with Gasteiger partial charge in [0.1, 0.15) is 0 Å². The van der Waals surface area contributed by atoms with Crippen LogP contribution in [0.15, 0.2) is 0 Å². The maximum atomic E-state index is 12.5. The molecule has 1 amide bonds. The van der Waals surface area contributed by atoms with Gasteiger partial charge in [-0.3, -0.25) is 9.59 Å². The molecule has 2 aliphatic carbocycles. The number of rotatable bonds is 3. The first-order valence-corrected chi connectivity index (χ1v) is 7.67. The van der Waals surface area contributed by atoms with Crippen molar-refractivity contribution in [1.29, 1.82) is 0 Å². The molecule has 3 unspecified atom stereocenters. The Balaban J connectivity index is 1.56. The summed E-state index contributed by atoms with van der Waals surface area (Å²) in [5.41, 5.74) is 0. The van der Waals surface area contributed by atoms with E-state index in [4.69, 9.17) is 4.74 Å². The number of fused-ring (bicyclic) bond motifs is 1. The molecule has 3 aliphatic rings. The summed E-state index contributed by atoms with van der Waals surface area (Å²) >= 11 is 0. The molecule has 19 heavy (non-hydrogen) atoms. The predicted molar refractivity (Wildman–Crippen MR) is 70.3 cm³/mol. The van der Waals surface area contributed by atoms with Crippen molar-refractivity contribution in [3.8, 4) is 0 Å². The summed E-state index contributed by atoms with van der Waals surface area (Å²) in [6.07, 6.45) is 5.55. The third-order valence-electron chi connectivity index (χ3n) is 5.04. The number of hydrogen-bond donors (Lipinski definition) is 0. The van der Waals surface area contributed by atoms with Crippen molar-refractivity contribution in [1.82, 2.24) is 4.90 Å². The van der Waals surface area contributed by atoms with Crippen LogP contribution in [0, 0.1) is 23.7 Å². The Morgan fingerprint density at radius 2 is 1.89 bits per heavy atom. The van der Waals surface area contributed by atoms with E-state index in [1.807, 2.05) is 11.8 Å². The fraction of sp³-hybridized carbons (Fsp3) is 0.867. The largest absolute Gasteiger partial charge is 0.466 e. The Bertz CT molecular complexity index is 372. The second kappa shape index (κ2) is 5.14. The molecule has 0 aromatic heterocycles. The van der Waals surface area contributed by atoms with Gasteiger partial charge in [-0.2, -0.15) is 0 Å². The molecule has 106 valence electrons. The lowest BCUT2D eigenvalue weighted by Crippen LogP contribution is -2.44. The van der Waals surface area contributed by atoms with E-state index in [0.717, 1.165) is 19.4 Å². The van der Waals surface area contributed by atoms with Crippen LogP contribution in [-0.4, -0.2) is 36.5 Å². The minimum absolute atomic E-state index is 0.101. The Morgan fingerprint density at radius 3 is 2.58 bits per heavy atom. The van der Waals surface area contributed by atoms with Gasteiger partial charge in [-0.1, -0.05) is 6.42 Å². The summed E-state index contributed by atoms with van der Waals surface area (Å²) in [7, 11) is 0. The molecule has 0 spiro atoms. The lowest BCUT2D eigenvalue weighted by molar-refractivity contribution is -0.151. The zero-order valence-electron chi connectivity index (χ0n) is 11.6. The molecule has 4 heteroatoms. The summed E-state index contributed by atoms with van der Waals surface area (Å²) < 4.78 is 5.08. The van der Waals surface area contributed by atoms with Crippen molar-refractivity contribution in [3.05, 3.63) is 0 Å². The highest BCUT2D eigenvalue weighted by Crippen LogP contribution is 2.58. The minimum atomic E-state index is -0.129. The topological polar surface area (TPSA) is 46.6 Å². The van der Waals surface area contributed by atoms with E-state index < -0.39 is 0 Å². The SMILES string of the molecule is CCOC(=O)C1CCCN(C(=O)C2C3CCCC32)C1. The van der Waals surface area contributed by atoms with Gasteiger partial charge < -0.3 is 9.64 Å².